The van der Waals surface area contributed by atoms with Gasteiger partial charge in [-0.2, -0.15) is 0 Å². The molecule has 2 bridgehead atoms. The lowest BCUT2D eigenvalue weighted by molar-refractivity contribution is 0.175. The number of halogens is 6. The molecule has 0 amide bonds. The monoisotopic (exact) mass is 430 g/mol. The zero-order chi connectivity index (χ0) is 16.3. The van der Waals surface area contributed by atoms with Gasteiger partial charge in [-0.25, -0.2) is 0 Å². The van der Waals surface area contributed by atoms with Crippen molar-refractivity contribution in [3.8, 4) is 0 Å². The van der Waals surface area contributed by atoms with E-state index in [9.17, 15) is 0 Å². The Bertz CT molecular complexity index is 478. The fourth-order valence-corrected chi connectivity index (χ4v) is 10.3. The molecule has 0 saturated heterocycles. The van der Waals surface area contributed by atoms with Gasteiger partial charge in [0, 0.05) is 18.8 Å². The molecule has 2 nitrogen and oxygen atoms in total. The molecule has 1 unspecified atom stereocenters. The lowest BCUT2D eigenvalue weighted by Gasteiger charge is -2.41. The highest BCUT2D eigenvalue weighted by Gasteiger charge is 2.81. The van der Waals surface area contributed by atoms with Crippen LogP contribution in [0.3, 0.4) is 0 Å². The second kappa shape index (κ2) is 5.85. The maximum atomic E-state index is 6.80. The van der Waals surface area contributed by atoms with Crippen molar-refractivity contribution in [2.75, 3.05) is 13.2 Å². The summed E-state index contributed by atoms with van der Waals surface area (Å²) in [4.78, 5) is -2.52. The topological polar surface area (TPSA) is 18.5 Å². The number of allylic oxidation sites excluding steroid dienone is 2. The lowest BCUT2D eigenvalue weighted by atomic mass is 10.1. The number of alkyl halides is 4. The normalized spacial score (nSPS) is 38.4. The highest BCUT2D eigenvalue weighted by atomic mass is 35.5. The van der Waals surface area contributed by atoms with Crippen molar-refractivity contribution < 1.29 is 8.85 Å². The molecule has 1 saturated carbocycles. The summed E-state index contributed by atoms with van der Waals surface area (Å²) < 4.78 is 10.3. The summed E-state index contributed by atoms with van der Waals surface area (Å²) in [6.07, 6.45) is 0.364. The van der Waals surface area contributed by atoms with Crippen LogP contribution in [0.2, 0.25) is 12.1 Å². The van der Waals surface area contributed by atoms with Gasteiger partial charge in [-0.15, -0.1) is 23.2 Å². The average Bonchev–Trinajstić information content (AvgIpc) is 2.61. The molecule has 21 heavy (non-hydrogen) atoms. The van der Waals surface area contributed by atoms with Crippen LogP contribution in [0.25, 0.3) is 0 Å². The molecule has 0 heterocycles. The van der Waals surface area contributed by atoms with Gasteiger partial charge in [-0.1, -0.05) is 46.4 Å². The van der Waals surface area contributed by atoms with Gasteiger partial charge in [0.05, 0.1) is 10.1 Å². The smallest absolute Gasteiger partial charge is 0.340 e. The molecule has 0 aromatic rings. The van der Waals surface area contributed by atoms with E-state index in [1.807, 2.05) is 20.4 Å². The molecule has 0 N–H and O–H groups in total. The van der Waals surface area contributed by atoms with Crippen molar-refractivity contribution in [1.29, 1.82) is 0 Å². The highest BCUT2D eigenvalue weighted by molar-refractivity contribution is 6.74. The minimum Gasteiger partial charge on any atom is -0.394 e. The Hall–Kier alpha value is 1.62. The van der Waals surface area contributed by atoms with Crippen molar-refractivity contribution in [2.24, 2.45) is 0 Å². The van der Waals surface area contributed by atoms with Crippen molar-refractivity contribution >= 4 is 78.2 Å². The van der Waals surface area contributed by atoms with E-state index in [2.05, 4.69) is 0 Å². The minimum atomic E-state index is -2.71. The Morgan fingerprint density at radius 3 is 1.86 bits per heavy atom. The molecular weight excluding hydrogens is 417 g/mol. The Morgan fingerprint density at radius 2 is 1.52 bits per heavy atom. The third kappa shape index (κ3) is 2.26. The summed E-state index contributed by atoms with van der Waals surface area (Å²) in [5.74, 6) is 0. The van der Waals surface area contributed by atoms with Gasteiger partial charge < -0.3 is 8.85 Å². The molecule has 0 spiro atoms. The first kappa shape index (κ1) is 18.9. The van der Waals surface area contributed by atoms with Crippen LogP contribution in [-0.2, 0) is 8.85 Å². The summed E-state index contributed by atoms with van der Waals surface area (Å²) in [6, 6.07) is 0. The minimum absolute atomic E-state index is 0.195. The van der Waals surface area contributed by atoms with Crippen LogP contribution in [-0.4, -0.2) is 35.9 Å². The molecule has 2 aliphatic rings. The van der Waals surface area contributed by atoms with E-state index < -0.39 is 22.6 Å². The van der Waals surface area contributed by atoms with E-state index in [1.165, 1.54) is 0 Å². The van der Waals surface area contributed by atoms with Gasteiger partial charge in [0.15, 0.2) is 4.33 Å². The van der Waals surface area contributed by atoms with Gasteiger partial charge in [-0.05, 0) is 26.8 Å². The molecule has 3 atom stereocenters. The summed E-state index contributed by atoms with van der Waals surface area (Å²) in [5.41, 5.74) is -0.311. The molecule has 9 heteroatoms. The average molecular weight is 433 g/mol. The van der Waals surface area contributed by atoms with Crippen LogP contribution in [0.4, 0.5) is 0 Å². The summed E-state index contributed by atoms with van der Waals surface area (Å²) >= 11 is 39.0. The van der Waals surface area contributed by atoms with E-state index in [-0.39, 0.29) is 15.6 Å². The summed E-state index contributed by atoms with van der Waals surface area (Å²) in [6.45, 7) is 6.71. The van der Waals surface area contributed by atoms with Gasteiger partial charge >= 0.3 is 8.56 Å². The number of hydrogen-bond acceptors (Lipinski definition) is 2. The first-order chi connectivity index (χ1) is 9.53. The molecule has 2 aliphatic carbocycles. The predicted molar refractivity (Wildman–Crippen MR) is 93.6 cm³/mol. The molecule has 0 aromatic carbocycles. The predicted octanol–water partition coefficient (Wildman–Crippen LogP) is 5.74. The maximum absolute atomic E-state index is 6.80. The first-order valence-electron chi connectivity index (χ1n) is 6.62. The van der Waals surface area contributed by atoms with Crippen molar-refractivity contribution in [3.63, 3.8) is 0 Å². The second-order valence-corrected chi connectivity index (χ2v) is 12.0. The van der Waals surface area contributed by atoms with E-state index in [4.69, 9.17) is 78.5 Å². The van der Waals surface area contributed by atoms with Crippen LogP contribution >= 0.6 is 69.6 Å². The largest absolute Gasteiger partial charge is 0.394 e. The van der Waals surface area contributed by atoms with E-state index >= 15 is 0 Å². The van der Waals surface area contributed by atoms with Crippen LogP contribution in [0.5, 0.6) is 0 Å². The molecule has 2 rings (SSSR count). The first-order valence-corrected chi connectivity index (χ1v) is 11.3. The fourth-order valence-electron chi connectivity index (χ4n) is 3.27. The van der Waals surface area contributed by atoms with Crippen LogP contribution < -0.4 is 0 Å². The van der Waals surface area contributed by atoms with Gasteiger partial charge in [0.1, 0.15) is 9.75 Å². The van der Waals surface area contributed by atoms with Crippen LogP contribution in [0, 0.1) is 0 Å². The summed E-state index contributed by atoms with van der Waals surface area (Å²) in [7, 11) is -2.71. The van der Waals surface area contributed by atoms with Crippen molar-refractivity contribution in [3.05, 3.63) is 10.1 Å². The molecule has 0 radical (unpaired) electrons. The van der Waals surface area contributed by atoms with Crippen LogP contribution in [0.15, 0.2) is 10.1 Å². The fraction of sp³-hybridized carbons (Fsp3) is 0.833. The number of hydrogen-bond donors (Lipinski definition) is 0. The van der Waals surface area contributed by atoms with Crippen LogP contribution in [0.1, 0.15) is 20.3 Å². The highest BCUT2D eigenvalue weighted by Crippen LogP contribution is 2.77. The third-order valence-corrected chi connectivity index (χ3v) is 12.4. The second-order valence-electron chi connectivity index (χ2n) is 5.35. The Labute approximate surface area is 156 Å². The zero-order valence-electron chi connectivity index (χ0n) is 11.8. The van der Waals surface area contributed by atoms with Gasteiger partial charge in [0.25, 0.3) is 0 Å². The van der Waals surface area contributed by atoms with E-state index in [0.717, 1.165) is 0 Å². The van der Waals surface area contributed by atoms with Crippen molar-refractivity contribution in [1.82, 2.24) is 0 Å². The molecule has 0 aromatic heterocycles. The quantitative estimate of drug-likeness (QED) is 0.407. The Kier molecular flexibility index (Phi) is 5.28. The Morgan fingerprint density at radius 1 is 1.05 bits per heavy atom. The van der Waals surface area contributed by atoms with E-state index in [1.54, 1.807) is 0 Å². The van der Waals surface area contributed by atoms with Gasteiger partial charge in [0.2, 0.25) is 0 Å². The SMILES string of the molecule is CCO[Si](C)(OCC)C1C[C@@]2(Cl)C(Cl)=C(Cl)[C@]1(Cl)C2(Cl)Cl. The standard InChI is InChI=1S/C12H16Cl6O2Si/c1-4-19-21(3,20-5-2)7-6-10(15)8(13)9(14)11(7,16)12(10,17)18/h7H,4-6H2,1-3H3/t7?,10-,11+/m1/s1. The summed E-state index contributed by atoms with van der Waals surface area (Å²) in [5, 5.41) is 0.409. The number of fused-ring (bicyclic) bond motifs is 2. The molecular formula is C12H16Cl6O2Si. The van der Waals surface area contributed by atoms with Crippen molar-refractivity contribution in [2.45, 2.75) is 46.4 Å². The van der Waals surface area contributed by atoms with Gasteiger partial charge in [-0.3, -0.25) is 0 Å². The Balaban J connectivity index is 2.55. The molecule has 0 aliphatic heterocycles. The maximum Gasteiger partial charge on any atom is 0.340 e. The van der Waals surface area contributed by atoms with E-state index in [0.29, 0.717) is 19.6 Å². The lowest BCUT2D eigenvalue weighted by Crippen LogP contribution is -2.53. The zero-order valence-corrected chi connectivity index (χ0v) is 17.3. The molecule has 122 valence electrons. The third-order valence-electron chi connectivity index (χ3n) is 4.28. The number of rotatable bonds is 5. The molecule has 1 fully saturated rings.